The fourth-order valence-corrected chi connectivity index (χ4v) is 2.50. The van der Waals surface area contributed by atoms with E-state index in [-0.39, 0.29) is 5.54 Å². The summed E-state index contributed by atoms with van der Waals surface area (Å²) in [6.45, 7) is 4.22. The van der Waals surface area contributed by atoms with Crippen LogP contribution in [0.1, 0.15) is 39.5 Å². The SMILES string of the molecule is CCCCSCC(C)(C#N)NC1CC1. The van der Waals surface area contributed by atoms with E-state index in [9.17, 15) is 0 Å². The van der Waals surface area contributed by atoms with Gasteiger partial charge in [0.1, 0.15) is 5.54 Å². The molecule has 1 unspecified atom stereocenters. The minimum Gasteiger partial charge on any atom is -0.296 e. The van der Waals surface area contributed by atoms with Gasteiger partial charge in [0.2, 0.25) is 0 Å². The van der Waals surface area contributed by atoms with E-state index >= 15 is 0 Å². The highest BCUT2D eigenvalue weighted by Crippen LogP contribution is 2.24. The average Bonchev–Trinajstić information content (AvgIpc) is 2.96. The predicted octanol–water partition coefficient (Wildman–Crippen LogP) is 2.55. The van der Waals surface area contributed by atoms with Crippen molar-refractivity contribution in [2.45, 2.75) is 51.1 Å². The molecule has 0 aromatic carbocycles. The molecule has 1 saturated carbocycles. The molecule has 0 aromatic heterocycles. The number of hydrogen-bond donors (Lipinski definition) is 1. The van der Waals surface area contributed by atoms with Crippen molar-refractivity contribution >= 4 is 11.8 Å². The number of nitrogens with zero attached hydrogens (tertiary/aromatic N) is 1. The predicted molar refractivity (Wildman–Crippen MR) is 62.4 cm³/mol. The fraction of sp³-hybridized carbons (Fsp3) is 0.909. The largest absolute Gasteiger partial charge is 0.296 e. The van der Waals surface area contributed by atoms with Crippen molar-refractivity contribution in [2.24, 2.45) is 0 Å². The Morgan fingerprint density at radius 3 is 2.79 bits per heavy atom. The molecule has 0 aromatic rings. The molecule has 2 nitrogen and oxygen atoms in total. The lowest BCUT2D eigenvalue weighted by atomic mass is 10.1. The third kappa shape index (κ3) is 4.34. The van der Waals surface area contributed by atoms with Crippen LogP contribution in [0.3, 0.4) is 0 Å². The Labute approximate surface area is 91.4 Å². The zero-order valence-electron chi connectivity index (χ0n) is 9.18. The van der Waals surface area contributed by atoms with Crippen LogP contribution in [0, 0.1) is 11.3 Å². The van der Waals surface area contributed by atoms with E-state index in [4.69, 9.17) is 5.26 Å². The first-order valence-corrected chi connectivity index (χ1v) is 6.62. The number of rotatable bonds is 7. The van der Waals surface area contributed by atoms with E-state index in [1.807, 2.05) is 18.7 Å². The van der Waals surface area contributed by atoms with Crippen LogP contribution >= 0.6 is 11.8 Å². The summed E-state index contributed by atoms with van der Waals surface area (Å²) in [6, 6.07) is 3.01. The third-order valence-electron chi connectivity index (χ3n) is 2.38. The van der Waals surface area contributed by atoms with Gasteiger partial charge in [0.25, 0.3) is 0 Å². The Morgan fingerprint density at radius 2 is 2.29 bits per heavy atom. The molecule has 0 amide bonds. The van der Waals surface area contributed by atoms with Crippen LogP contribution in [0.15, 0.2) is 0 Å². The number of thioether (sulfide) groups is 1. The zero-order valence-corrected chi connectivity index (χ0v) is 9.99. The van der Waals surface area contributed by atoms with E-state index in [1.165, 1.54) is 31.4 Å². The van der Waals surface area contributed by atoms with Gasteiger partial charge < -0.3 is 0 Å². The van der Waals surface area contributed by atoms with Crippen molar-refractivity contribution in [2.75, 3.05) is 11.5 Å². The summed E-state index contributed by atoms with van der Waals surface area (Å²) < 4.78 is 0. The molecule has 0 saturated heterocycles. The van der Waals surface area contributed by atoms with Crippen molar-refractivity contribution in [3.05, 3.63) is 0 Å². The lowest BCUT2D eigenvalue weighted by Crippen LogP contribution is -2.44. The van der Waals surface area contributed by atoms with Crippen LogP contribution in [0.4, 0.5) is 0 Å². The Bertz CT molecular complexity index is 208. The molecule has 0 bridgehead atoms. The summed E-state index contributed by atoms with van der Waals surface area (Å²) in [5.74, 6) is 2.10. The molecule has 1 aliphatic carbocycles. The number of nitriles is 1. The topological polar surface area (TPSA) is 35.8 Å². The molecular weight excluding hydrogens is 192 g/mol. The lowest BCUT2D eigenvalue weighted by Gasteiger charge is -2.22. The Kier molecular flexibility index (Phi) is 4.77. The second-order valence-corrected chi connectivity index (χ2v) is 5.37. The van der Waals surface area contributed by atoms with Crippen molar-refractivity contribution in [1.29, 1.82) is 5.26 Å². The summed E-state index contributed by atoms with van der Waals surface area (Å²) in [5.41, 5.74) is -0.306. The molecule has 1 aliphatic rings. The second-order valence-electron chi connectivity index (χ2n) is 4.27. The Hall–Kier alpha value is -0.200. The molecule has 0 aliphatic heterocycles. The van der Waals surface area contributed by atoms with Crippen LogP contribution in [0.5, 0.6) is 0 Å². The normalized spacial score (nSPS) is 20.1. The van der Waals surface area contributed by atoms with Crippen LogP contribution in [-0.4, -0.2) is 23.1 Å². The third-order valence-corrected chi connectivity index (χ3v) is 3.74. The quantitative estimate of drug-likeness (QED) is 0.659. The fourth-order valence-electron chi connectivity index (χ4n) is 1.31. The number of nitrogens with one attached hydrogen (secondary N) is 1. The first-order valence-electron chi connectivity index (χ1n) is 5.47. The molecule has 14 heavy (non-hydrogen) atoms. The van der Waals surface area contributed by atoms with Gasteiger partial charge >= 0.3 is 0 Å². The van der Waals surface area contributed by atoms with Crippen molar-refractivity contribution in [3.63, 3.8) is 0 Å². The van der Waals surface area contributed by atoms with Crippen LogP contribution in [0.2, 0.25) is 0 Å². The highest BCUT2D eigenvalue weighted by Gasteiger charge is 2.32. The minimum absolute atomic E-state index is 0.306. The van der Waals surface area contributed by atoms with E-state index in [0.29, 0.717) is 6.04 Å². The van der Waals surface area contributed by atoms with E-state index < -0.39 is 0 Å². The molecule has 1 atom stereocenters. The van der Waals surface area contributed by atoms with Crippen LogP contribution in [-0.2, 0) is 0 Å². The summed E-state index contributed by atoms with van der Waals surface area (Å²) >= 11 is 1.89. The van der Waals surface area contributed by atoms with E-state index in [2.05, 4.69) is 18.3 Å². The first-order chi connectivity index (χ1) is 6.70. The van der Waals surface area contributed by atoms with Crippen LogP contribution in [0.25, 0.3) is 0 Å². The number of unbranched alkanes of at least 4 members (excludes halogenated alkanes) is 1. The average molecular weight is 212 g/mol. The maximum Gasteiger partial charge on any atom is 0.113 e. The van der Waals surface area contributed by atoms with Gasteiger partial charge in [0, 0.05) is 11.8 Å². The molecular formula is C11H20N2S. The van der Waals surface area contributed by atoms with Gasteiger partial charge in [-0.1, -0.05) is 13.3 Å². The van der Waals surface area contributed by atoms with Gasteiger partial charge in [0.05, 0.1) is 6.07 Å². The second kappa shape index (κ2) is 5.63. The molecule has 3 heteroatoms. The van der Waals surface area contributed by atoms with Gasteiger partial charge in [-0.3, -0.25) is 5.32 Å². The first kappa shape index (κ1) is 11.9. The zero-order chi connectivity index (χ0) is 10.4. The van der Waals surface area contributed by atoms with Crippen molar-refractivity contribution < 1.29 is 0 Å². The van der Waals surface area contributed by atoms with E-state index in [0.717, 1.165) is 5.75 Å². The molecule has 1 rings (SSSR count). The lowest BCUT2D eigenvalue weighted by molar-refractivity contribution is 0.490. The Morgan fingerprint density at radius 1 is 1.57 bits per heavy atom. The summed E-state index contributed by atoms with van der Waals surface area (Å²) in [4.78, 5) is 0. The smallest absolute Gasteiger partial charge is 0.113 e. The molecule has 0 spiro atoms. The summed E-state index contributed by atoms with van der Waals surface area (Å²) in [7, 11) is 0. The van der Waals surface area contributed by atoms with Gasteiger partial charge in [-0.2, -0.15) is 17.0 Å². The van der Waals surface area contributed by atoms with Crippen LogP contribution < -0.4 is 5.32 Å². The number of hydrogen-bond acceptors (Lipinski definition) is 3. The molecule has 80 valence electrons. The maximum atomic E-state index is 9.09. The van der Waals surface area contributed by atoms with E-state index in [1.54, 1.807) is 0 Å². The molecule has 1 N–H and O–H groups in total. The minimum atomic E-state index is -0.306. The maximum absolute atomic E-state index is 9.09. The van der Waals surface area contributed by atoms with Gasteiger partial charge in [-0.15, -0.1) is 0 Å². The molecule has 0 heterocycles. The highest BCUT2D eigenvalue weighted by atomic mass is 32.2. The monoisotopic (exact) mass is 212 g/mol. The molecule has 1 fully saturated rings. The summed E-state index contributed by atoms with van der Waals surface area (Å²) in [6.07, 6.45) is 5.00. The highest BCUT2D eigenvalue weighted by molar-refractivity contribution is 7.99. The summed E-state index contributed by atoms with van der Waals surface area (Å²) in [5, 5.41) is 12.5. The Balaban J connectivity index is 2.18. The van der Waals surface area contributed by atoms with Gasteiger partial charge in [-0.05, 0) is 31.9 Å². The van der Waals surface area contributed by atoms with Gasteiger partial charge in [0.15, 0.2) is 0 Å². The van der Waals surface area contributed by atoms with Gasteiger partial charge in [-0.25, -0.2) is 0 Å². The van der Waals surface area contributed by atoms with Crippen molar-refractivity contribution in [1.82, 2.24) is 5.32 Å². The molecule has 0 radical (unpaired) electrons. The van der Waals surface area contributed by atoms with Crippen molar-refractivity contribution in [3.8, 4) is 6.07 Å². The standard InChI is InChI=1S/C11H20N2S/c1-3-4-7-14-9-11(2,8-12)13-10-5-6-10/h10,13H,3-7,9H2,1-2H3.